The molecule has 0 amide bonds. The largest absolute Gasteiger partial charge is 0.465 e. The average Bonchev–Trinajstić information content (AvgIpc) is 3.07. The molecule has 116 valence electrons. The summed E-state index contributed by atoms with van der Waals surface area (Å²) < 4.78 is 6.72. The van der Waals surface area contributed by atoms with Crippen LogP contribution in [0.1, 0.15) is 23.2 Å². The maximum absolute atomic E-state index is 12.4. The molecule has 3 rings (SSSR count). The van der Waals surface area contributed by atoms with E-state index < -0.39 is 5.97 Å². The number of aromatic nitrogens is 1. The number of fused-ring (bicyclic) bond motifs is 1. The molecule has 0 bridgehead atoms. The molecule has 2 heterocycles. The van der Waals surface area contributed by atoms with Gasteiger partial charge in [0, 0.05) is 24.7 Å². The van der Waals surface area contributed by atoms with Crippen molar-refractivity contribution in [3.8, 4) is 0 Å². The first-order valence-electron chi connectivity index (χ1n) is 7.63. The molecule has 0 radical (unpaired) electrons. The van der Waals surface area contributed by atoms with Crippen LogP contribution < -0.4 is 5.43 Å². The fraction of sp³-hybridized carbons (Fsp3) is 0.412. The van der Waals surface area contributed by atoms with Gasteiger partial charge in [-0.05, 0) is 38.1 Å². The van der Waals surface area contributed by atoms with Gasteiger partial charge in [-0.3, -0.25) is 4.79 Å². The molecule has 0 atom stereocenters. The summed E-state index contributed by atoms with van der Waals surface area (Å²) in [5.41, 5.74) is 0.696. The number of nitrogens with zero attached hydrogens (tertiary/aromatic N) is 2. The predicted molar refractivity (Wildman–Crippen MR) is 85.2 cm³/mol. The molecule has 1 fully saturated rings. The highest BCUT2D eigenvalue weighted by atomic mass is 16.5. The summed E-state index contributed by atoms with van der Waals surface area (Å²) in [5, 5.41) is 0.562. The normalized spacial score (nSPS) is 15.3. The molecule has 1 saturated heterocycles. The highest BCUT2D eigenvalue weighted by molar-refractivity contribution is 5.93. The number of likely N-dealkylation sites (tertiary alicyclic amines) is 1. The van der Waals surface area contributed by atoms with Gasteiger partial charge in [0.15, 0.2) is 0 Å². The number of benzene rings is 1. The third-order valence-electron chi connectivity index (χ3n) is 4.25. The van der Waals surface area contributed by atoms with E-state index in [4.69, 9.17) is 4.74 Å². The van der Waals surface area contributed by atoms with Crippen molar-refractivity contribution in [2.24, 2.45) is 0 Å². The Morgan fingerprint density at radius 2 is 1.91 bits per heavy atom. The van der Waals surface area contributed by atoms with Crippen LogP contribution in [0.25, 0.3) is 10.9 Å². The summed E-state index contributed by atoms with van der Waals surface area (Å²) in [6, 6.07) is 7.40. The number of hydrogen-bond acceptors (Lipinski definition) is 4. The highest BCUT2D eigenvalue weighted by Crippen LogP contribution is 2.14. The summed E-state index contributed by atoms with van der Waals surface area (Å²) in [4.78, 5) is 26.7. The molecule has 5 heteroatoms. The number of para-hydroxylation sites is 1. The zero-order valence-electron chi connectivity index (χ0n) is 12.7. The van der Waals surface area contributed by atoms with Crippen LogP contribution in [0.5, 0.6) is 0 Å². The molecule has 1 aromatic heterocycles. The molecule has 22 heavy (non-hydrogen) atoms. The van der Waals surface area contributed by atoms with E-state index in [9.17, 15) is 9.59 Å². The van der Waals surface area contributed by atoms with Gasteiger partial charge < -0.3 is 14.2 Å². The summed E-state index contributed by atoms with van der Waals surface area (Å²) in [5.74, 6) is -0.578. The second-order valence-corrected chi connectivity index (χ2v) is 5.62. The quantitative estimate of drug-likeness (QED) is 0.809. The zero-order chi connectivity index (χ0) is 15.5. The fourth-order valence-electron chi connectivity index (χ4n) is 3.04. The Labute approximate surface area is 129 Å². The molecule has 0 aliphatic carbocycles. The molecule has 0 unspecified atom stereocenters. The number of rotatable bonds is 4. The summed E-state index contributed by atoms with van der Waals surface area (Å²) >= 11 is 0. The van der Waals surface area contributed by atoms with Gasteiger partial charge in [0.05, 0.1) is 12.6 Å². The van der Waals surface area contributed by atoms with E-state index >= 15 is 0 Å². The van der Waals surface area contributed by atoms with Crippen molar-refractivity contribution in [1.82, 2.24) is 9.47 Å². The third kappa shape index (κ3) is 2.76. The van der Waals surface area contributed by atoms with Gasteiger partial charge in [0.2, 0.25) is 5.43 Å². The Bertz CT molecular complexity index is 745. The Kier molecular flexibility index (Phi) is 4.24. The van der Waals surface area contributed by atoms with Gasteiger partial charge in [-0.1, -0.05) is 12.1 Å². The summed E-state index contributed by atoms with van der Waals surface area (Å²) in [7, 11) is 1.30. The van der Waals surface area contributed by atoms with E-state index in [2.05, 4.69) is 4.90 Å². The number of pyridine rings is 1. The Morgan fingerprint density at radius 1 is 1.18 bits per heavy atom. The number of carbonyl (C=O) groups is 1. The van der Waals surface area contributed by atoms with Crippen LogP contribution in [0.2, 0.25) is 0 Å². The maximum atomic E-state index is 12.4. The van der Waals surface area contributed by atoms with Crippen LogP contribution in [0.4, 0.5) is 0 Å². The predicted octanol–water partition coefficient (Wildman–Crippen LogP) is 1.88. The van der Waals surface area contributed by atoms with Gasteiger partial charge in [0.25, 0.3) is 0 Å². The van der Waals surface area contributed by atoms with Crippen molar-refractivity contribution in [3.05, 3.63) is 46.2 Å². The molecule has 5 nitrogen and oxygen atoms in total. The summed E-state index contributed by atoms with van der Waals surface area (Å²) in [6.07, 6.45) is 4.13. The molecular weight excluding hydrogens is 280 g/mol. The van der Waals surface area contributed by atoms with E-state index in [-0.39, 0.29) is 11.0 Å². The number of esters is 1. The second-order valence-electron chi connectivity index (χ2n) is 5.62. The Morgan fingerprint density at radius 3 is 2.64 bits per heavy atom. The molecule has 0 N–H and O–H groups in total. The minimum atomic E-state index is -0.578. The number of carbonyl (C=O) groups excluding carboxylic acids is 1. The minimum absolute atomic E-state index is 0.0996. The fourth-order valence-corrected chi connectivity index (χ4v) is 3.04. The highest BCUT2D eigenvalue weighted by Gasteiger charge is 2.16. The van der Waals surface area contributed by atoms with Gasteiger partial charge in [-0.25, -0.2) is 4.79 Å². The Hall–Kier alpha value is -2.14. The van der Waals surface area contributed by atoms with E-state index in [0.29, 0.717) is 5.39 Å². The molecule has 0 saturated carbocycles. The van der Waals surface area contributed by atoms with Crippen LogP contribution in [-0.2, 0) is 11.3 Å². The lowest BCUT2D eigenvalue weighted by Crippen LogP contribution is -2.26. The van der Waals surface area contributed by atoms with Crippen molar-refractivity contribution in [3.63, 3.8) is 0 Å². The standard InChI is InChI=1S/C17H20N2O3/c1-22-17(21)14-12-19(11-10-18-8-4-5-9-18)15-7-3-2-6-13(15)16(14)20/h2-3,6-7,12H,4-5,8-11H2,1H3. The molecular formula is C17H20N2O3. The van der Waals surface area contributed by atoms with E-state index in [1.165, 1.54) is 20.0 Å². The first-order chi connectivity index (χ1) is 10.7. The van der Waals surface area contributed by atoms with Crippen LogP contribution in [-0.4, -0.2) is 42.2 Å². The van der Waals surface area contributed by atoms with Crippen LogP contribution in [0.3, 0.4) is 0 Å². The van der Waals surface area contributed by atoms with Crippen molar-refractivity contribution in [2.75, 3.05) is 26.7 Å². The van der Waals surface area contributed by atoms with Crippen LogP contribution in [0, 0.1) is 0 Å². The molecule has 1 aromatic carbocycles. The third-order valence-corrected chi connectivity index (χ3v) is 4.25. The van der Waals surface area contributed by atoms with Gasteiger partial charge >= 0.3 is 5.97 Å². The van der Waals surface area contributed by atoms with E-state index in [1.807, 2.05) is 22.8 Å². The van der Waals surface area contributed by atoms with Crippen molar-refractivity contribution in [2.45, 2.75) is 19.4 Å². The molecule has 1 aliphatic rings. The zero-order valence-corrected chi connectivity index (χ0v) is 12.7. The minimum Gasteiger partial charge on any atom is -0.465 e. The SMILES string of the molecule is COC(=O)c1cn(CCN2CCCC2)c2ccccc2c1=O. The summed E-state index contributed by atoms with van der Waals surface area (Å²) in [6.45, 7) is 3.93. The maximum Gasteiger partial charge on any atom is 0.343 e. The smallest absolute Gasteiger partial charge is 0.343 e. The lowest BCUT2D eigenvalue weighted by Gasteiger charge is -2.18. The first-order valence-corrected chi connectivity index (χ1v) is 7.63. The van der Waals surface area contributed by atoms with Crippen molar-refractivity contribution < 1.29 is 9.53 Å². The monoisotopic (exact) mass is 300 g/mol. The number of ether oxygens (including phenoxy) is 1. The molecule has 0 spiro atoms. The lowest BCUT2D eigenvalue weighted by molar-refractivity contribution is 0.0598. The topological polar surface area (TPSA) is 51.5 Å². The van der Waals surface area contributed by atoms with Crippen molar-refractivity contribution in [1.29, 1.82) is 0 Å². The van der Waals surface area contributed by atoms with E-state index in [0.717, 1.165) is 31.7 Å². The van der Waals surface area contributed by atoms with Crippen LogP contribution in [0.15, 0.2) is 35.3 Å². The molecule has 2 aromatic rings. The lowest BCUT2D eigenvalue weighted by atomic mass is 10.1. The van der Waals surface area contributed by atoms with Gasteiger partial charge in [-0.15, -0.1) is 0 Å². The molecule has 1 aliphatic heterocycles. The number of hydrogen-bond donors (Lipinski definition) is 0. The van der Waals surface area contributed by atoms with Crippen molar-refractivity contribution >= 4 is 16.9 Å². The first kappa shape index (κ1) is 14.8. The van der Waals surface area contributed by atoms with Crippen LogP contribution >= 0.6 is 0 Å². The Balaban J connectivity index is 2.01. The van der Waals surface area contributed by atoms with Gasteiger partial charge in [0.1, 0.15) is 5.56 Å². The van der Waals surface area contributed by atoms with Gasteiger partial charge in [-0.2, -0.15) is 0 Å². The average molecular weight is 300 g/mol. The second kappa shape index (κ2) is 6.32. The van der Waals surface area contributed by atoms with E-state index in [1.54, 1.807) is 12.3 Å². The number of methoxy groups -OCH3 is 1.